The first kappa shape index (κ1) is 14.9. The molecule has 0 atom stereocenters. The van der Waals surface area contributed by atoms with Gasteiger partial charge in [-0.05, 0) is 12.5 Å². The van der Waals surface area contributed by atoms with Gasteiger partial charge in [0.2, 0.25) is 0 Å². The Balaban J connectivity index is 0.000000302. The molecule has 0 amide bonds. The quantitative estimate of drug-likeness (QED) is 0.448. The van der Waals surface area contributed by atoms with Crippen LogP contribution in [0, 0.1) is 0 Å². The lowest BCUT2D eigenvalue weighted by Gasteiger charge is -1.97. The van der Waals surface area contributed by atoms with Crippen LogP contribution < -0.4 is 0 Å². The third-order valence-electron chi connectivity index (χ3n) is 1.72. The summed E-state index contributed by atoms with van der Waals surface area (Å²) in [4.78, 5) is 10.5. The molecule has 1 rings (SSSR count). The van der Waals surface area contributed by atoms with Gasteiger partial charge in [0.05, 0.1) is 0 Å². The molecule has 0 heterocycles. The topological polar surface area (TPSA) is 26.3 Å². The monoisotopic (exact) mass is 230 g/mol. The molecule has 1 aromatic carbocycles. The summed E-state index contributed by atoms with van der Waals surface area (Å²) in [6.07, 6.45) is 3.35. The predicted octanol–water partition coefficient (Wildman–Crippen LogP) is 3.62. The Bertz CT molecular complexity index is 377. The van der Waals surface area contributed by atoms with E-state index in [-0.39, 0.29) is 12.6 Å². The van der Waals surface area contributed by atoms with E-state index < -0.39 is 0 Å². The van der Waals surface area contributed by atoms with Crippen LogP contribution in [-0.4, -0.2) is 12.6 Å². The van der Waals surface area contributed by atoms with E-state index in [4.69, 9.17) is 0 Å². The number of carbonyl (C=O) groups excluding carboxylic acids is 1. The van der Waals surface area contributed by atoms with E-state index in [2.05, 4.69) is 24.5 Å². The molecular weight excluding hydrogens is 212 g/mol. The molecule has 0 spiro atoms. The fourth-order valence-electron chi connectivity index (χ4n) is 0.847. The minimum atomic E-state index is -0.366. The summed E-state index contributed by atoms with van der Waals surface area (Å²) in [5.41, 5.74) is 1.59. The van der Waals surface area contributed by atoms with Crippen molar-refractivity contribution in [3.63, 3.8) is 0 Å². The molecule has 0 aliphatic heterocycles. The van der Waals surface area contributed by atoms with E-state index in [0.29, 0.717) is 5.57 Å². The fraction of sp³-hybridized carbons (Fsp3) is 0.133. The van der Waals surface area contributed by atoms with E-state index in [1.807, 2.05) is 36.4 Å². The fourth-order valence-corrected chi connectivity index (χ4v) is 0.847. The molecule has 0 aliphatic carbocycles. The van der Waals surface area contributed by atoms with Crippen LogP contribution in [0.5, 0.6) is 0 Å². The smallest absolute Gasteiger partial charge is 0.333 e. The predicted molar refractivity (Wildman–Crippen MR) is 72.5 cm³/mol. The lowest BCUT2D eigenvalue weighted by atomic mass is 10.2. The van der Waals surface area contributed by atoms with Crippen molar-refractivity contribution < 1.29 is 9.53 Å². The summed E-state index contributed by atoms with van der Waals surface area (Å²) < 4.78 is 4.60. The normalized spacial score (nSPS) is 8.29. The molecule has 17 heavy (non-hydrogen) atoms. The maximum atomic E-state index is 10.5. The molecule has 0 unspecified atom stereocenters. The van der Waals surface area contributed by atoms with E-state index in [0.717, 1.165) is 0 Å². The van der Waals surface area contributed by atoms with E-state index in [9.17, 15) is 4.79 Å². The van der Waals surface area contributed by atoms with Crippen LogP contribution in [0.2, 0.25) is 0 Å². The Kier molecular flexibility index (Phi) is 8.03. The maximum absolute atomic E-state index is 10.5. The van der Waals surface area contributed by atoms with Gasteiger partial charge in [0.1, 0.15) is 6.61 Å². The lowest BCUT2D eigenvalue weighted by Crippen LogP contribution is -2.03. The van der Waals surface area contributed by atoms with E-state index >= 15 is 0 Å². The Morgan fingerprint density at radius 1 is 1.29 bits per heavy atom. The molecular formula is C15H18O2. The van der Waals surface area contributed by atoms with Crippen LogP contribution in [0.15, 0.2) is 61.7 Å². The second-order valence-corrected chi connectivity index (χ2v) is 3.28. The molecule has 2 nitrogen and oxygen atoms in total. The van der Waals surface area contributed by atoms with Crippen molar-refractivity contribution >= 4 is 12.0 Å². The van der Waals surface area contributed by atoms with Crippen LogP contribution in [0.25, 0.3) is 6.08 Å². The van der Waals surface area contributed by atoms with Crippen molar-refractivity contribution in [1.82, 2.24) is 0 Å². The summed E-state index contributed by atoms with van der Waals surface area (Å²) in [5, 5.41) is 0. The van der Waals surface area contributed by atoms with Crippen LogP contribution >= 0.6 is 0 Å². The number of benzene rings is 1. The molecule has 0 fully saturated rings. The summed E-state index contributed by atoms with van der Waals surface area (Å²) >= 11 is 0. The SMILES string of the molecule is C=CCOC(=O)C(=C)C.C=Cc1ccccc1. The number of hydrogen-bond acceptors (Lipinski definition) is 2. The van der Waals surface area contributed by atoms with Gasteiger partial charge in [0.25, 0.3) is 0 Å². The molecule has 2 heteroatoms. The first-order valence-corrected chi connectivity index (χ1v) is 5.22. The maximum Gasteiger partial charge on any atom is 0.333 e. The highest BCUT2D eigenvalue weighted by Crippen LogP contribution is 1.97. The van der Waals surface area contributed by atoms with Crippen molar-refractivity contribution in [1.29, 1.82) is 0 Å². The number of esters is 1. The minimum absolute atomic E-state index is 0.256. The molecule has 0 N–H and O–H groups in total. The molecule has 0 aromatic heterocycles. The first-order chi connectivity index (χ1) is 8.11. The molecule has 90 valence electrons. The average molecular weight is 230 g/mol. The third-order valence-corrected chi connectivity index (χ3v) is 1.72. The highest BCUT2D eigenvalue weighted by atomic mass is 16.5. The average Bonchev–Trinajstić information content (AvgIpc) is 2.37. The summed E-state index contributed by atoms with van der Waals surface area (Å²) in [6, 6.07) is 10.0. The molecule has 0 saturated heterocycles. The van der Waals surface area contributed by atoms with Gasteiger partial charge in [0, 0.05) is 5.57 Å². The number of carbonyl (C=O) groups is 1. The first-order valence-electron chi connectivity index (χ1n) is 5.22. The van der Waals surface area contributed by atoms with Crippen molar-refractivity contribution in [2.75, 3.05) is 6.61 Å². The van der Waals surface area contributed by atoms with Crippen molar-refractivity contribution in [2.45, 2.75) is 6.92 Å². The third kappa shape index (κ3) is 7.79. The van der Waals surface area contributed by atoms with Gasteiger partial charge in [0.15, 0.2) is 0 Å². The van der Waals surface area contributed by atoms with Gasteiger partial charge >= 0.3 is 5.97 Å². The van der Waals surface area contributed by atoms with Gasteiger partial charge in [-0.3, -0.25) is 0 Å². The summed E-state index contributed by atoms with van der Waals surface area (Å²) in [7, 11) is 0. The second kappa shape index (κ2) is 9.16. The standard InChI is InChI=1S/C8H8.C7H10O2/c1-2-8-6-4-3-5-7-8;1-4-5-9-7(8)6(2)3/h2-7H,1H2;4H,1-2,5H2,3H3. The van der Waals surface area contributed by atoms with Crippen LogP contribution in [0.3, 0.4) is 0 Å². The van der Waals surface area contributed by atoms with Crippen LogP contribution in [-0.2, 0) is 9.53 Å². The Morgan fingerprint density at radius 2 is 1.88 bits per heavy atom. The summed E-state index contributed by atoms with van der Waals surface area (Å²) in [5.74, 6) is -0.366. The molecule has 1 aromatic rings. The van der Waals surface area contributed by atoms with Gasteiger partial charge in [-0.25, -0.2) is 4.79 Å². The van der Waals surface area contributed by atoms with Crippen molar-refractivity contribution in [3.8, 4) is 0 Å². The molecule has 0 aliphatic rings. The van der Waals surface area contributed by atoms with Gasteiger partial charge in [-0.15, -0.1) is 0 Å². The van der Waals surface area contributed by atoms with E-state index in [1.54, 1.807) is 6.92 Å². The van der Waals surface area contributed by atoms with E-state index in [1.165, 1.54) is 11.6 Å². The van der Waals surface area contributed by atoms with Gasteiger partial charge < -0.3 is 4.74 Å². The van der Waals surface area contributed by atoms with Crippen LogP contribution in [0.4, 0.5) is 0 Å². The highest BCUT2D eigenvalue weighted by Gasteiger charge is 1.98. The molecule has 0 bridgehead atoms. The lowest BCUT2D eigenvalue weighted by molar-refractivity contribution is -0.137. The Morgan fingerprint density at radius 3 is 2.24 bits per heavy atom. The number of hydrogen-bond donors (Lipinski definition) is 0. The van der Waals surface area contributed by atoms with Crippen LogP contribution in [0.1, 0.15) is 12.5 Å². The zero-order chi connectivity index (χ0) is 13.1. The van der Waals surface area contributed by atoms with Crippen molar-refractivity contribution in [2.24, 2.45) is 0 Å². The zero-order valence-electron chi connectivity index (χ0n) is 10.2. The Hall–Kier alpha value is -2.09. The van der Waals surface area contributed by atoms with Gasteiger partial charge in [-0.1, -0.05) is 62.2 Å². The minimum Gasteiger partial charge on any atom is -0.458 e. The second-order valence-electron chi connectivity index (χ2n) is 3.28. The number of rotatable bonds is 4. The number of ether oxygens (including phenoxy) is 1. The molecule has 0 radical (unpaired) electrons. The highest BCUT2D eigenvalue weighted by molar-refractivity contribution is 5.86. The Labute approximate surface area is 103 Å². The van der Waals surface area contributed by atoms with Crippen molar-refractivity contribution in [3.05, 3.63) is 67.3 Å². The summed E-state index contributed by atoms with van der Waals surface area (Å²) in [6.45, 7) is 12.3. The molecule has 0 saturated carbocycles. The van der Waals surface area contributed by atoms with Gasteiger partial charge in [-0.2, -0.15) is 0 Å². The zero-order valence-corrected chi connectivity index (χ0v) is 10.2. The largest absolute Gasteiger partial charge is 0.458 e.